The molecule has 4 rings (SSSR count). The first-order valence-electron chi connectivity index (χ1n) is 12.5. The summed E-state index contributed by atoms with van der Waals surface area (Å²) in [5.41, 5.74) is 0.683. The van der Waals surface area contributed by atoms with Crippen LogP contribution in [-0.4, -0.2) is 126 Å². The van der Waals surface area contributed by atoms with Crippen LogP contribution in [0, 0.1) is 13.8 Å². The van der Waals surface area contributed by atoms with Gasteiger partial charge in [-0.05, 0) is 49.2 Å². The van der Waals surface area contributed by atoms with Gasteiger partial charge in [0, 0.05) is 11.1 Å². The van der Waals surface area contributed by atoms with Crippen molar-refractivity contribution in [1.29, 1.82) is 0 Å². The summed E-state index contributed by atoms with van der Waals surface area (Å²) < 4.78 is 22.1. The van der Waals surface area contributed by atoms with E-state index in [2.05, 4.69) is 0 Å². The van der Waals surface area contributed by atoms with Gasteiger partial charge in [0.2, 0.25) is 12.6 Å². The highest BCUT2D eigenvalue weighted by atomic mass is 16.7. The molecule has 0 saturated carbocycles. The Kier molecular flexibility index (Phi) is 9.06. The zero-order valence-corrected chi connectivity index (χ0v) is 21.6. The molecule has 10 atom stereocenters. The van der Waals surface area contributed by atoms with Gasteiger partial charge < -0.3 is 70.0 Å². The van der Waals surface area contributed by atoms with Crippen LogP contribution in [0.4, 0.5) is 0 Å². The van der Waals surface area contributed by atoms with Crippen LogP contribution in [0.15, 0.2) is 24.3 Å². The maximum atomic E-state index is 10.8. The summed E-state index contributed by atoms with van der Waals surface area (Å²) in [5, 5.41) is 101. The van der Waals surface area contributed by atoms with E-state index in [0.29, 0.717) is 0 Å². The van der Waals surface area contributed by atoms with Crippen LogP contribution >= 0.6 is 0 Å². The Morgan fingerprint density at radius 1 is 0.575 bits per heavy atom. The van der Waals surface area contributed by atoms with Crippen LogP contribution in [-0.2, 0) is 9.47 Å². The van der Waals surface area contributed by atoms with E-state index in [9.17, 15) is 51.1 Å². The molecular weight excluding hydrogens is 536 g/mol. The monoisotopic (exact) mass is 570 g/mol. The second-order valence-corrected chi connectivity index (χ2v) is 9.90. The highest BCUT2D eigenvalue weighted by molar-refractivity contribution is 5.80. The number of aliphatic hydroxyl groups is 8. The molecule has 40 heavy (non-hydrogen) atoms. The second kappa shape index (κ2) is 12.0. The standard InChI is InChI=1S/C26H34O14/c1-9-3-11(37-25-23(35)21(33)19(31)15(7-27)39-25)5-13(17(9)29)14-6-12(4-10(2)18(14)30)38-26-24(36)22(34)20(32)16(8-28)40-26/h3-6,15-16,19-36H,7-8H2,1-2H3/t15-,16-,19-,20-,21+,22+,23-,24-,25-,26-/m1/s1. The van der Waals surface area contributed by atoms with Gasteiger partial charge in [0.25, 0.3) is 0 Å². The van der Waals surface area contributed by atoms with E-state index in [1.54, 1.807) is 0 Å². The number of benzene rings is 2. The van der Waals surface area contributed by atoms with Crippen LogP contribution in [0.2, 0.25) is 0 Å². The molecule has 2 aliphatic heterocycles. The quantitative estimate of drug-likeness (QED) is 0.169. The van der Waals surface area contributed by atoms with Crippen molar-refractivity contribution in [3.63, 3.8) is 0 Å². The topological polar surface area (TPSA) is 239 Å². The molecule has 14 heteroatoms. The number of aliphatic hydroxyl groups excluding tert-OH is 8. The molecule has 10 N–H and O–H groups in total. The first-order chi connectivity index (χ1) is 18.9. The number of hydrogen-bond acceptors (Lipinski definition) is 14. The van der Waals surface area contributed by atoms with E-state index in [1.807, 2.05) is 0 Å². The Morgan fingerprint density at radius 2 is 0.925 bits per heavy atom. The summed E-state index contributed by atoms with van der Waals surface area (Å²) >= 11 is 0. The Balaban J connectivity index is 1.66. The number of aromatic hydroxyl groups is 2. The summed E-state index contributed by atoms with van der Waals surface area (Å²) in [7, 11) is 0. The van der Waals surface area contributed by atoms with Gasteiger partial charge >= 0.3 is 0 Å². The zero-order chi connectivity index (χ0) is 29.5. The molecule has 0 bridgehead atoms. The van der Waals surface area contributed by atoms with E-state index in [-0.39, 0.29) is 45.3 Å². The van der Waals surface area contributed by atoms with Crippen molar-refractivity contribution in [3.05, 3.63) is 35.4 Å². The van der Waals surface area contributed by atoms with Gasteiger partial charge in [0.15, 0.2) is 0 Å². The lowest BCUT2D eigenvalue weighted by molar-refractivity contribution is -0.277. The zero-order valence-electron chi connectivity index (χ0n) is 21.6. The highest BCUT2D eigenvalue weighted by Crippen LogP contribution is 2.44. The smallest absolute Gasteiger partial charge is 0.229 e. The van der Waals surface area contributed by atoms with Crippen LogP contribution in [0.25, 0.3) is 11.1 Å². The fourth-order valence-electron chi connectivity index (χ4n) is 4.64. The molecule has 2 fully saturated rings. The van der Waals surface area contributed by atoms with Crippen molar-refractivity contribution in [3.8, 4) is 34.1 Å². The minimum atomic E-state index is -1.68. The van der Waals surface area contributed by atoms with E-state index < -0.39 is 74.6 Å². The summed E-state index contributed by atoms with van der Waals surface area (Å²) in [4.78, 5) is 0. The van der Waals surface area contributed by atoms with Crippen LogP contribution < -0.4 is 9.47 Å². The lowest BCUT2D eigenvalue weighted by atomic mass is 9.97. The van der Waals surface area contributed by atoms with Crippen LogP contribution in [0.1, 0.15) is 11.1 Å². The SMILES string of the molecule is Cc1cc(O[C@@H]2O[C@H](CO)[C@@H](O)[C@H](O)[C@H]2O)cc(-c2cc(O[C@@H]3O[C@H](CO)[C@@H](O)[C@H](O)[C@H]3O)cc(C)c2O)c1O. The Labute approximate surface area is 228 Å². The first kappa shape index (κ1) is 30.2. The van der Waals surface area contributed by atoms with Gasteiger partial charge in [0.1, 0.15) is 71.8 Å². The highest BCUT2D eigenvalue weighted by Gasteiger charge is 2.46. The van der Waals surface area contributed by atoms with Crippen molar-refractivity contribution < 1.29 is 70.0 Å². The third-order valence-electron chi connectivity index (χ3n) is 7.04. The van der Waals surface area contributed by atoms with Gasteiger partial charge in [0.05, 0.1) is 13.2 Å². The predicted molar refractivity (Wildman–Crippen MR) is 133 cm³/mol. The van der Waals surface area contributed by atoms with Gasteiger partial charge in [-0.1, -0.05) is 0 Å². The normalized spacial score (nSPS) is 34.5. The Bertz CT molecular complexity index is 1090. The fraction of sp³-hybridized carbons (Fsp3) is 0.538. The number of phenols is 2. The van der Waals surface area contributed by atoms with Crippen molar-refractivity contribution in [2.75, 3.05) is 13.2 Å². The number of aryl methyl sites for hydroxylation is 2. The molecule has 0 radical (unpaired) electrons. The predicted octanol–water partition coefficient (Wildman–Crippen LogP) is -2.26. The van der Waals surface area contributed by atoms with E-state index in [4.69, 9.17) is 18.9 Å². The molecule has 222 valence electrons. The molecule has 0 aromatic heterocycles. The molecule has 0 unspecified atom stereocenters. The average molecular weight is 571 g/mol. The fourth-order valence-corrected chi connectivity index (χ4v) is 4.64. The number of phenolic OH excluding ortho intramolecular Hbond substituents is 2. The molecular formula is C26H34O14. The molecule has 2 saturated heterocycles. The lowest BCUT2D eigenvalue weighted by Gasteiger charge is -2.39. The minimum absolute atomic E-state index is 0.0342. The molecule has 0 aliphatic carbocycles. The third kappa shape index (κ3) is 5.69. The Hall–Kier alpha value is -2.76. The molecule has 2 aliphatic rings. The van der Waals surface area contributed by atoms with Crippen molar-refractivity contribution >= 4 is 0 Å². The first-order valence-corrected chi connectivity index (χ1v) is 12.5. The number of rotatable bonds is 7. The van der Waals surface area contributed by atoms with Crippen LogP contribution in [0.5, 0.6) is 23.0 Å². The molecule has 0 amide bonds. The molecule has 2 aromatic carbocycles. The third-order valence-corrected chi connectivity index (χ3v) is 7.04. The van der Waals surface area contributed by atoms with Gasteiger partial charge in [-0.3, -0.25) is 0 Å². The average Bonchev–Trinajstić information content (AvgIpc) is 2.93. The van der Waals surface area contributed by atoms with E-state index >= 15 is 0 Å². The maximum absolute atomic E-state index is 10.8. The molecule has 14 nitrogen and oxygen atoms in total. The van der Waals surface area contributed by atoms with E-state index in [1.165, 1.54) is 38.1 Å². The molecule has 0 spiro atoms. The summed E-state index contributed by atoms with van der Waals surface area (Å²) in [6, 6.07) is 5.43. The largest absolute Gasteiger partial charge is 0.507 e. The second-order valence-electron chi connectivity index (χ2n) is 9.90. The molecule has 2 heterocycles. The summed E-state index contributed by atoms with van der Waals surface area (Å²) in [6.07, 6.45) is -15.3. The Morgan fingerprint density at radius 3 is 1.25 bits per heavy atom. The van der Waals surface area contributed by atoms with Crippen molar-refractivity contribution in [2.24, 2.45) is 0 Å². The lowest BCUT2D eigenvalue weighted by Crippen LogP contribution is -2.60. The number of ether oxygens (including phenoxy) is 4. The van der Waals surface area contributed by atoms with Crippen molar-refractivity contribution in [1.82, 2.24) is 0 Å². The van der Waals surface area contributed by atoms with Gasteiger partial charge in [-0.15, -0.1) is 0 Å². The van der Waals surface area contributed by atoms with Gasteiger partial charge in [-0.25, -0.2) is 0 Å². The van der Waals surface area contributed by atoms with Crippen molar-refractivity contribution in [2.45, 2.75) is 75.3 Å². The summed E-state index contributed by atoms with van der Waals surface area (Å²) in [6.45, 7) is 1.77. The van der Waals surface area contributed by atoms with E-state index in [0.717, 1.165) is 0 Å². The number of hydrogen-bond donors (Lipinski definition) is 10. The van der Waals surface area contributed by atoms with Gasteiger partial charge in [-0.2, -0.15) is 0 Å². The maximum Gasteiger partial charge on any atom is 0.229 e. The minimum Gasteiger partial charge on any atom is -0.507 e. The molecule has 2 aromatic rings. The summed E-state index contributed by atoms with van der Waals surface area (Å²) in [5.74, 6) is -0.430. The van der Waals surface area contributed by atoms with Crippen LogP contribution in [0.3, 0.4) is 0 Å².